The van der Waals surface area contributed by atoms with Crippen LogP contribution in [0.5, 0.6) is 5.75 Å². The molecule has 1 aromatic heterocycles. The minimum atomic E-state index is -4.39. The fourth-order valence-corrected chi connectivity index (χ4v) is 2.38. The molecule has 0 amide bonds. The van der Waals surface area contributed by atoms with E-state index in [1.165, 1.54) is 25.4 Å². The molecule has 1 heterocycles. The van der Waals surface area contributed by atoms with Crippen LogP contribution in [0.1, 0.15) is 5.56 Å². The molecule has 140 valence electrons. The second-order valence-corrected chi connectivity index (χ2v) is 5.77. The van der Waals surface area contributed by atoms with Crippen molar-refractivity contribution >= 4 is 34.7 Å². The Kier molecular flexibility index (Phi) is 5.31. The van der Waals surface area contributed by atoms with Crippen LogP contribution in [0.3, 0.4) is 0 Å². The summed E-state index contributed by atoms with van der Waals surface area (Å²) >= 11 is 5.98. The van der Waals surface area contributed by atoms with Gasteiger partial charge in [0.05, 0.1) is 24.6 Å². The number of ether oxygens (including phenoxy) is 1. The van der Waals surface area contributed by atoms with Crippen molar-refractivity contribution in [1.29, 1.82) is 0 Å². The number of aromatic nitrogens is 3. The van der Waals surface area contributed by atoms with Gasteiger partial charge in [-0.3, -0.25) is 0 Å². The molecule has 0 fully saturated rings. The van der Waals surface area contributed by atoms with Gasteiger partial charge in [0.15, 0.2) is 5.82 Å². The van der Waals surface area contributed by atoms with Gasteiger partial charge in [-0.15, -0.1) is 5.10 Å². The van der Waals surface area contributed by atoms with E-state index in [0.717, 1.165) is 12.1 Å². The third-order valence-corrected chi connectivity index (χ3v) is 3.69. The van der Waals surface area contributed by atoms with Crippen LogP contribution in [0.15, 0.2) is 48.7 Å². The van der Waals surface area contributed by atoms with Crippen molar-refractivity contribution in [2.24, 2.45) is 0 Å². The SMILES string of the molecule is COc1ccc(Cl)cc1Nc1nncc(Nc2ccc(C(F)(F)F)cc2)n1. The summed E-state index contributed by atoms with van der Waals surface area (Å²) in [5.74, 6) is 0.991. The van der Waals surface area contributed by atoms with E-state index in [1.807, 2.05) is 0 Å². The first-order valence-electron chi connectivity index (χ1n) is 7.60. The first-order chi connectivity index (χ1) is 12.8. The van der Waals surface area contributed by atoms with Gasteiger partial charge in [-0.1, -0.05) is 11.6 Å². The molecule has 2 aromatic carbocycles. The molecule has 0 saturated heterocycles. The minimum Gasteiger partial charge on any atom is -0.495 e. The highest BCUT2D eigenvalue weighted by molar-refractivity contribution is 6.31. The Morgan fingerprint density at radius 1 is 1.04 bits per heavy atom. The molecule has 0 aliphatic rings. The average molecular weight is 396 g/mol. The average Bonchev–Trinajstić information content (AvgIpc) is 2.62. The molecule has 0 spiro atoms. The van der Waals surface area contributed by atoms with Crippen molar-refractivity contribution in [3.05, 3.63) is 59.2 Å². The Labute approximate surface area is 157 Å². The highest BCUT2D eigenvalue weighted by Crippen LogP contribution is 2.31. The van der Waals surface area contributed by atoms with E-state index in [0.29, 0.717) is 28.0 Å². The number of alkyl halides is 3. The van der Waals surface area contributed by atoms with Crippen molar-refractivity contribution in [2.45, 2.75) is 6.18 Å². The van der Waals surface area contributed by atoms with E-state index in [4.69, 9.17) is 16.3 Å². The van der Waals surface area contributed by atoms with E-state index in [9.17, 15) is 13.2 Å². The predicted molar refractivity (Wildman–Crippen MR) is 95.8 cm³/mol. The van der Waals surface area contributed by atoms with Gasteiger partial charge in [0, 0.05) is 10.7 Å². The molecule has 0 radical (unpaired) electrons. The number of nitrogens with zero attached hydrogens (tertiary/aromatic N) is 3. The second-order valence-electron chi connectivity index (χ2n) is 5.33. The third-order valence-electron chi connectivity index (χ3n) is 3.45. The van der Waals surface area contributed by atoms with Gasteiger partial charge >= 0.3 is 6.18 Å². The molecule has 0 bridgehead atoms. The summed E-state index contributed by atoms with van der Waals surface area (Å²) in [6.07, 6.45) is -3.04. The van der Waals surface area contributed by atoms with E-state index in [1.54, 1.807) is 18.2 Å². The van der Waals surface area contributed by atoms with Crippen molar-refractivity contribution in [1.82, 2.24) is 15.2 Å². The van der Waals surface area contributed by atoms with E-state index < -0.39 is 11.7 Å². The molecule has 0 saturated carbocycles. The predicted octanol–water partition coefficient (Wildman–Crippen LogP) is 5.04. The summed E-state index contributed by atoms with van der Waals surface area (Å²) < 4.78 is 43.1. The van der Waals surface area contributed by atoms with Crippen LogP contribution in [0, 0.1) is 0 Å². The molecular weight excluding hydrogens is 383 g/mol. The molecule has 0 unspecified atom stereocenters. The molecule has 10 heteroatoms. The standard InChI is InChI=1S/C17H13ClF3N5O/c1-27-14-7-4-11(18)8-13(14)24-16-25-15(9-22-26-16)23-12-5-2-10(3-6-12)17(19,20)21/h2-9H,1H3,(H2,23,24,25,26). The maximum absolute atomic E-state index is 12.6. The molecule has 0 aliphatic carbocycles. The quantitative estimate of drug-likeness (QED) is 0.630. The number of halogens is 4. The molecular formula is C17H13ClF3N5O. The van der Waals surface area contributed by atoms with Crippen molar-refractivity contribution in [3.8, 4) is 5.75 Å². The van der Waals surface area contributed by atoms with Crippen molar-refractivity contribution in [3.63, 3.8) is 0 Å². The molecule has 3 rings (SSSR count). The highest BCUT2D eigenvalue weighted by Gasteiger charge is 2.29. The largest absolute Gasteiger partial charge is 0.495 e. The molecule has 3 aromatic rings. The van der Waals surface area contributed by atoms with E-state index in [-0.39, 0.29) is 5.95 Å². The number of anilines is 4. The maximum atomic E-state index is 12.6. The number of hydrogen-bond donors (Lipinski definition) is 2. The number of rotatable bonds is 5. The summed E-state index contributed by atoms with van der Waals surface area (Å²) in [6, 6.07) is 9.56. The first-order valence-corrected chi connectivity index (χ1v) is 7.97. The van der Waals surface area contributed by atoms with Crippen LogP contribution in [0.4, 0.5) is 36.3 Å². The summed E-state index contributed by atoms with van der Waals surface area (Å²) in [4.78, 5) is 4.22. The zero-order valence-electron chi connectivity index (χ0n) is 13.9. The van der Waals surface area contributed by atoms with Gasteiger partial charge in [0.2, 0.25) is 5.95 Å². The molecule has 0 aliphatic heterocycles. The molecule has 27 heavy (non-hydrogen) atoms. The topological polar surface area (TPSA) is 72.0 Å². The first kappa shape index (κ1) is 18.7. The lowest BCUT2D eigenvalue weighted by molar-refractivity contribution is -0.137. The number of hydrogen-bond acceptors (Lipinski definition) is 6. The van der Waals surface area contributed by atoms with Gasteiger partial charge in [0.25, 0.3) is 0 Å². The van der Waals surface area contributed by atoms with Crippen LogP contribution in [0.25, 0.3) is 0 Å². The van der Waals surface area contributed by atoms with E-state index >= 15 is 0 Å². The highest BCUT2D eigenvalue weighted by atomic mass is 35.5. The zero-order chi connectivity index (χ0) is 19.4. The lowest BCUT2D eigenvalue weighted by Gasteiger charge is -2.11. The number of nitrogens with one attached hydrogen (secondary N) is 2. The normalized spacial score (nSPS) is 11.1. The van der Waals surface area contributed by atoms with E-state index in [2.05, 4.69) is 25.8 Å². The van der Waals surface area contributed by atoms with Crippen LogP contribution in [-0.2, 0) is 6.18 Å². The van der Waals surface area contributed by atoms with Gasteiger partial charge in [0.1, 0.15) is 5.75 Å². The van der Waals surface area contributed by atoms with Crippen LogP contribution >= 0.6 is 11.6 Å². The van der Waals surface area contributed by atoms with Gasteiger partial charge in [-0.05, 0) is 42.5 Å². The van der Waals surface area contributed by atoms with Gasteiger partial charge in [-0.2, -0.15) is 23.3 Å². The van der Waals surface area contributed by atoms with Gasteiger partial charge < -0.3 is 15.4 Å². The lowest BCUT2D eigenvalue weighted by Crippen LogP contribution is -2.05. The molecule has 2 N–H and O–H groups in total. The Morgan fingerprint density at radius 2 is 1.78 bits per heavy atom. The summed E-state index contributed by atoms with van der Waals surface area (Å²) in [7, 11) is 1.51. The molecule has 6 nitrogen and oxygen atoms in total. The monoisotopic (exact) mass is 395 g/mol. The van der Waals surface area contributed by atoms with Crippen molar-refractivity contribution < 1.29 is 17.9 Å². The van der Waals surface area contributed by atoms with Crippen molar-refractivity contribution in [2.75, 3.05) is 17.7 Å². The number of benzene rings is 2. The van der Waals surface area contributed by atoms with Crippen LogP contribution in [0.2, 0.25) is 5.02 Å². The Hall–Kier alpha value is -3.07. The Balaban J connectivity index is 1.77. The molecule has 0 atom stereocenters. The van der Waals surface area contributed by atoms with Crippen LogP contribution < -0.4 is 15.4 Å². The smallest absolute Gasteiger partial charge is 0.416 e. The summed E-state index contributed by atoms with van der Waals surface area (Å²) in [5.41, 5.74) is 0.234. The number of methoxy groups -OCH3 is 1. The summed E-state index contributed by atoms with van der Waals surface area (Å²) in [5, 5.41) is 14.0. The maximum Gasteiger partial charge on any atom is 0.416 e. The third kappa shape index (κ3) is 4.76. The Bertz CT molecular complexity index is 935. The lowest BCUT2D eigenvalue weighted by atomic mass is 10.2. The Morgan fingerprint density at radius 3 is 2.44 bits per heavy atom. The minimum absolute atomic E-state index is 0.160. The van der Waals surface area contributed by atoms with Gasteiger partial charge in [-0.25, -0.2) is 0 Å². The fraction of sp³-hybridized carbons (Fsp3) is 0.118. The van der Waals surface area contributed by atoms with Crippen LogP contribution in [-0.4, -0.2) is 22.3 Å². The fourth-order valence-electron chi connectivity index (χ4n) is 2.21. The zero-order valence-corrected chi connectivity index (χ0v) is 14.6. The summed E-state index contributed by atoms with van der Waals surface area (Å²) in [6.45, 7) is 0. The second kappa shape index (κ2) is 7.67.